The summed E-state index contributed by atoms with van der Waals surface area (Å²) in [6.45, 7) is 0. The molecule has 3 heteroatoms. The first-order chi connectivity index (χ1) is 8.20. The highest BCUT2D eigenvalue weighted by atomic mass is 16.5. The minimum absolute atomic E-state index is 0.0173. The second-order valence-electron chi connectivity index (χ2n) is 3.61. The molecular weight excluding hydrogens is 216 g/mol. The number of aromatic hydroxyl groups is 1. The molecule has 3 nitrogen and oxygen atoms in total. The second-order valence-corrected chi connectivity index (χ2v) is 3.61. The van der Waals surface area contributed by atoms with Crippen molar-refractivity contribution in [1.29, 1.82) is 0 Å². The van der Waals surface area contributed by atoms with E-state index in [0.717, 1.165) is 0 Å². The van der Waals surface area contributed by atoms with Gasteiger partial charge in [0.05, 0.1) is 7.11 Å². The third-order valence-corrected chi connectivity index (χ3v) is 2.43. The first-order valence-electron chi connectivity index (χ1n) is 5.18. The zero-order valence-electron chi connectivity index (χ0n) is 9.38. The number of hydrogen-bond acceptors (Lipinski definition) is 3. The van der Waals surface area contributed by atoms with Gasteiger partial charge in [0.2, 0.25) is 0 Å². The predicted octanol–water partition coefficient (Wildman–Crippen LogP) is 2.63. The van der Waals surface area contributed by atoms with Crippen LogP contribution < -0.4 is 4.74 Å². The van der Waals surface area contributed by atoms with Crippen molar-refractivity contribution < 1.29 is 14.6 Å². The lowest BCUT2D eigenvalue weighted by Crippen LogP contribution is -2.01. The molecule has 0 aliphatic heterocycles. The van der Waals surface area contributed by atoms with Gasteiger partial charge >= 0.3 is 0 Å². The Morgan fingerprint density at radius 1 is 1.06 bits per heavy atom. The van der Waals surface area contributed by atoms with Gasteiger partial charge in [-0.1, -0.05) is 30.3 Å². The fraction of sp³-hybridized carbons (Fsp3) is 0.0714. The Labute approximate surface area is 99.3 Å². The van der Waals surface area contributed by atoms with E-state index >= 15 is 0 Å². The van der Waals surface area contributed by atoms with Crippen molar-refractivity contribution in [3.63, 3.8) is 0 Å². The number of ketones is 1. The van der Waals surface area contributed by atoms with E-state index in [0.29, 0.717) is 16.9 Å². The highest BCUT2D eigenvalue weighted by molar-refractivity contribution is 6.09. The lowest BCUT2D eigenvalue weighted by molar-refractivity contribution is 0.103. The molecule has 0 aliphatic carbocycles. The van der Waals surface area contributed by atoms with Crippen molar-refractivity contribution in [2.75, 3.05) is 7.11 Å². The van der Waals surface area contributed by atoms with E-state index in [9.17, 15) is 9.90 Å². The Morgan fingerprint density at radius 2 is 1.76 bits per heavy atom. The van der Waals surface area contributed by atoms with Gasteiger partial charge in [0.15, 0.2) is 5.78 Å². The summed E-state index contributed by atoms with van der Waals surface area (Å²) < 4.78 is 5.01. The van der Waals surface area contributed by atoms with E-state index in [4.69, 9.17) is 4.74 Å². The lowest BCUT2D eigenvalue weighted by Gasteiger charge is -2.05. The maximum Gasteiger partial charge on any atom is 0.193 e. The zero-order valence-corrected chi connectivity index (χ0v) is 9.38. The Hall–Kier alpha value is -2.29. The van der Waals surface area contributed by atoms with E-state index in [2.05, 4.69) is 0 Å². The predicted molar refractivity (Wildman–Crippen MR) is 64.5 cm³/mol. The minimum Gasteiger partial charge on any atom is -0.508 e. The molecule has 0 fully saturated rings. The van der Waals surface area contributed by atoms with Crippen LogP contribution in [0.5, 0.6) is 11.5 Å². The molecule has 2 aromatic rings. The highest BCUT2D eigenvalue weighted by Crippen LogP contribution is 2.23. The van der Waals surface area contributed by atoms with Crippen LogP contribution in [0.15, 0.2) is 48.5 Å². The van der Waals surface area contributed by atoms with Crippen LogP contribution in [0.1, 0.15) is 15.9 Å². The molecule has 0 heterocycles. The number of methoxy groups -OCH3 is 1. The normalized spacial score (nSPS) is 9.94. The van der Waals surface area contributed by atoms with E-state index in [1.807, 2.05) is 6.07 Å². The standard InChI is InChI=1S/C14H12O3/c1-17-13-8-11(7-12(15)9-13)14(16)10-5-3-2-4-6-10/h2-9,15H,1H3. The smallest absolute Gasteiger partial charge is 0.193 e. The largest absolute Gasteiger partial charge is 0.508 e. The summed E-state index contributed by atoms with van der Waals surface area (Å²) in [4.78, 5) is 12.1. The van der Waals surface area contributed by atoms with Crippen LogP contribution in [-0.2, 0) is 0 Å². The monoisotopic (exact) mass is 228 g/mol. The van der Waals surface area contributed by atoms with Crippen molar-refractivity contribution in [3.8, 4) is 11.5 Å². The molecule has 0 amide bonds. The van der Waals surface area contributed by atoms with Crippen LogP contribution in [0.4, 0.5) is 0 Å². The highest BCUT2D eigenvalue weighted by Gasteiger charge is 2.10. The fourth-order valence-electron chi connectivity index (χ4n) is 1.59. The average molecular weight is 228 g/mol. The summed E-state index contributed by atoms with van der Waals surface area (Å²) in [7, 11) is 1.49. The molecular formula is C14H12O3. The summed E-state index contributed by atoms with van der Waals surface area (Å²) in [5, 5.41) is 9.49. The topological polar surface area (TPSA) is 46.5 Å². The van der Waals surface area contributed by atoms with Crippen LogP contribution in [0.3, 0.4) is 0 Å². The van der Waals surface area contributed by atoms with Crippen LogP contribution in [0.2, 0.25) is 0 Å². The average Bonchev–Trinajstić information content (AvgIpc) is 2.38. The zero-order chi connectivity index (χ0) is 12.3. The number of phenols is 1. The third-order valence-electron chi connectivity index (χ3n) is 2.43. The Morgan fingerprint density at radius 3 is 2.41 bits per heavy atom. The molecule has 0 bridgehead atoms. The second kappa shape index (κ2) is 4.70. The van der Waals surface area contributed by atoms with Crippen molar-refractivity contribution in [2.45, 2.75) is 0 Å². The maximum atomic E-state index is 12.1. The van der Waals surface area contributed by atoms with Gasteiger partial charge in [0.1, 0.15) is 11.5 Å². The molecule has 1 N–H and O–H groups in total. The van der Waals surface area contributed by atoms with Gasteiger partial charge in [-0.25, -0.2) is 0 Å². The van der Waals surface area contributed by atoms with Crippen LogP contribution in [0, 0.1) is 0 Å². The summed E-state index contributed by atoms with van der Waals surface area (Å²) in [6.07, 6.45) is 0. The number of carbonyl (C=O) groups excluding carboxylic acids is 1. The quantitative estimate of drug-likeness (QED) is 0.821. The van der Waals surface area contributed by atoms with Crippen molar-refractivity contribution in [1.82, 2.24) is 0 Å². The SMILES string of the molecule is COc1cc(O)cc(C(=O)c2ccccc2)c1. The molecule has 0 saturated heterocycles. The molecule has 86 valence electrons. The van der Waals surface area contributed by atoms with Gasteiger partial charge in [-0.3, -0.25) is 4.79 Å². The molecule has 2 aromatic carbocycles. The van der Waals surface area contributed by atoms with E-state index in [1.165, 1.54) is 19.2 Å². The summed E-state index contributed by atoms with van der Waals surface area (Å²) in [5.74, 6) is 0.340. The Balaban J connectivity index is 2.41. The van der Waals surface area contributed by atoms with E-state index in [1.54, 1.807) is 30.3 Å². The molecule has 0 spiro atoms. The molecule has 0 saturated carbocycles. The molecule has 0 aromatic heterocycles. The lowest BCUT2D eigenvalue weighted by atomic mass is 10.0. The summed E-state index contributed by atoms with van der Waals surface area (Å²) in [6, 6.07) is 13.4. The minimum atomic E-state index is -0.139. The Kier molecular flexibility index (Phi) is 3.10. The number of phenolic OH excluding ortho intramolecular Hbond substituents is 1. The molecule has 2 rings (SSSR count). The number of benzene rings is 2. The molecule has 0 atom stereocenters. The van der Waals surface area contributed by atoms with Crippen molar-refractivity contribution in [2.24, 2.45) is 0 Å². The maximum absolute atomic E-state index is 12.1. The first kappa shape index (κ1) is 11.2. The number of ether oxygens (including phenoxy) is 1. The van der Waals surface area contributed by atoms with E-state index < -0.39 is 0 Å². The van der Waals surface area contributed by atoms with E-state index in [-0.39, 0.29) is 11.5 Å². The van der Waals surface area contributed by atoms with Gasteiger partial charge < -0.3 is 9.84 Å². The van der Waals surface area contributed by atoms with Gasteiger partial charge in [-0.15, -0.1) is 0 Å². The molecule has 0 radical (unpaired) electrons. The first-order valence-corrected chi connectivity index (χ1v) is 5.18. The van der Waals surface area contributed by atoms with Gasteiger partial charge in [-0.05, 0) is 12.1 Å². The molecule has 0 aliphatic rings. The third kappa shape index (κ3) is 2.45. The van der Waals surface area contributed by atoms with Crippen molar-refractivity contribution >= 4 is 5.78 Å². The van der Waals surface area contributed by atoms with Crippen LogP contribution in [0.25, 0.3) is 0 Å². The number of hydrogen-bond donors (Lipinski definition) is 1. The van der Waals surface area contributed by atoms with Crippen molar-refractivity contribution in [3.05, 3.63) is 59.7 Å². The summed E-state index contributed by atoms with van der Waals surface area (Å²) >= 11 is 0. The number of rotatable bonds is 3. The van der Waals surface area contributed by atoms with Gasteiger partial charge in [0, 0.05) is 17.2 Å². The number of carbonyl (C=O) groups is 1. The molecule has 0 unspecified atom stereocenters. The van der Waals surface area contributed by atoms with Gasteiger partial charge in [-0.2, -0.15) is 0 Å². The van der Waals surface area contributed by atoms with Crippen LogP contribution >= 0.6 is 0 Å². The Bertz CT molecular complexity index is 532. The van der Waals surface area contributed by atoms with Gasteiger partial charge in [0.25, 0.3) is 0 Å². The fourth-order valence-corrected chi connectivity index (χ4v) is 1.59. The summed E-state index contributed by atoms with van der Waals surface area (Å²) in [5.41, 5.74) is 0.994. The molecule has 17 heavy (non-hydrogen) atoms. The van der Waals surface area contributed by atoms with Crippen LogP contribution in [-0.4, -0.2) is 18.0 Å².